The Bertz CT molecular complexity index is 801. The molecule has 138 valence electrons. The summed E-state index contributed by atoms with van der Waals surface area (Å²) < 4.78 is 43.6. The van der Waals surface area contributed by atoms with Crippen LogP contribution >= 0.6 is 0 Å². The van der Waals surface area contributed by atoms with Gasteiger partial charge in [-0.1, -0.05) is 29.8 Å². The Morgan fingerprint density at radius 1 is 1.00 bits per heavy atom. The van der Waals surface area contributed by atoms with Crippen LogP contribution in [0, 0.1) is 6.92 Å². The second kappa shape index (κ2) is 7.17. The molecule has 1 atom stereocenters. The highest BCUT2D eigenvalue weighted by Crippen LogP contribution is 2.40. The summed E-state index contributed by atoms with van der Waals surface area (Å²) in [5, 5.41) is 12.4. The van der Waals surface area contributed by atoms with Gasteiger partial charge < -0.3 is 15.2 Å². The minimum atomic E-state index is -5.27. The molecule has 2 rings (SSSR count). The zero-order valence-electron chi connectivity index (χ0n) is 13.9. The largest absolute Gasteiger partial charge is 0.466 e. The van der Waals surface area contributed by atoms with Crippen LogP contribution in [0.4, 0.5) is 18.9 Å². The van der Waals surface area contributed by atoms with Crippen LogP contribution in [0.15, 0.2) is 48.5 Å². The quantitative estimate of drug-likeness (QED) is 0.814. The molecule has 8 heteroatoms. The SMILES string of the molecule is COC(=O)[C@](O)(c1ccc(NC(=O)c2ccc(C)cc2)cc1)C(F)(F)F. The van der Waals surface area contributed by atoms with Gasteiger partial charge in [0.1, 0.15) is 0 Å². The van der Waals surface area contributed by atoms with Crippen LogP contribution < -0.4 is 5.32 Å². The minimum Gasteiger partial charge on any atom is -0.466 e. The molecule has 2 N–H and O–H groups in total. The Labute approximate surface area is 147 Å². The molecule has 0 aliphatic heterocycles. The number of ether oxygens (including phenoxy) is 1. The van der Waals surface area contributed by atoms with E-state index in [9.17, 15) is 27.9 Å². The molecule has 2 aromatic carbocycles. The van der Waals surface area contributed by atoms with Gasteiger partial charge in [0.25, 0.3) is 11.5 Å². The lowest BCUT2D eigenvalue weighted by atomic mass is 9.93. The summed E-state index contributed by atoms with van der Waals surface area (Å²) in [6.07, 6.45) is -5.27. The predicted octanol–water partition coefficient (Wildman–Crippen LogP) is 3.17. The molecule has 0 fully saturated rings. The van der Waals surface area contributed by atoms with E-state index >= 15 is 0 Å². The number of hydrogen-bond donors (Lipinski definition) is 2. The summed E-state index contributed by atoms with van der Waals surface area (Å²) in [6, 6.07) is 10.8. The average Bonchev–Trinajstić information content (AvgIpc) is 2.60. The van der Waals surface area contributed by atoms with Gasteiger partial charge in [-0.2, -0.15) is 13.2 Å². The predicted molar refractivity (Wildman–Crippen MR) is 87.5 cm³/mol. The Kier molecular flexibility index (Phi) is 5.36. The highest BCUT2D eigenvalue weighted by molar-refractivity contribution is 6.04. The lowest BCUT2D eigenvalue weighted by molar-refractivity contribution is -0.266. The highest BCUT2D eigenvalue weighted by Gasteiger charge is 2.62. The van der Waals surface area contributed by atoms with Gasteiger partial charge >= 0.3 is 12.1 Å². The maximum absolute atomic E-state index is 13.2. The molecule has 0 saturated carbocycles. The molecule has 0 aromatic heterocycles. The highest BCUT2D eigenvalue weighted by atomic mass is 19.4. The number of aryl methyl sites for hydroxylation is 1. The monoisotopic (exact) mass is 367 g/mol. The number of aliphatic hydroxyl groups is 1. The number of amides is 1. The molecule has 0 bridgehead atoms. The van der Waals surface area contributed by atoms with Gasteiger partial charge in [-0.3, -0.25) is 4.79 Å². The first kappa shape index (κ1) is 19.5. The van der Waals surface area contributed by atoms with Crippen LogP contribution in [0.2, 0.25) is 0 Å². The smallest absolute Gasteiger partial charge is 0.432 e. The summed E-state index contributed by atoms with van der Waals surface area (Å²) in [4.78, 5) is 23.6. The minimum absolute atomic E-state index is 0.203. The van der Waals surface area contributed by atoms with E-state index in [4.69, 9.17) is 0 Å². The second-order valence-corrected chi connectivity index (χ2v) is 5.60. The molecule has 0 aliphatic rings. The van der Waals surface area contributed by atoms with Crippen molar-refractivity contribution in [2.24, 2.45) is 0 Å². The van der Waals surface area contributed by atoms with E-state index in [1.807, 2.05) is 6.92 Å². The third-order valence-electron chi connectivity index (χ3n) is 3.77. The third kappa shape index (κ3) is 3.70. The Hall–Kier alpha value is -2.87. The maximum atomic E-state index is 13.2. The van der Waals surface area contributed by atoms with E-state index in [-0.39, 0.29) is 5.69 Å². The lowest BCUT2D eigenvalue weighted by Crippen LogP contribution is -2.49. The molecule has 0 radical (unpaired) electrons. The van der Waals surface area contributed by atoms with E-state index in [0.29, 0.717) is 5.56 Å². The van der Waals surface area contributed by atoms with Gasteiger partial charge in [0.2, 0.25) is 0 Å². The summed E-state index contributed by atoms with van der Waals surface area (Å²) in [7, 11) is 0.745. The van der Waals surface area contributed by atoms with Crippen LogP contribution in [0.5, 0.6) is 0 Å². The Balaban J connectivity index is 2.25. The Morgan fingerprint density at radius 3 is 2.00 bits per heavy atom. The number of carbonyl (C=O) groups excluding carboxylic acids is 2. The van der Waals surface area contributed by atoms with Gasteiger partial charge in [0.05, 0.1) is 7.11 Å². The van der Waals surface area contributed by atoms with Crippen LogP contribution in [0.3, 0.4) is 0 Å². The van der Waals surface area contributed by atoms with E-state index < -0.39 is 29.2 Å². The van der Waals surface area contributed by atoms with Crippen LogP contribution in [-0.2, 0) is 15.1 Å². The molecule has 0 heterocycles. The summed E-state index contributed by atoms with van der Waals surface area (Å²) in [5.74, 6) is -2.29. The molecule has 1 amide bonds. The van der Waals surface area contributed by atoms with Crippen LogP contribution in [0.25, 0.3) is 0 Å². The number of methoxy groups -OCH3 is 1. The van der Waals surface area contributed by atoms with Crippen LogP contribution in [-0.4, -0.2) is 30.3 Å². The summed E-state index contributed by atoms with van der Waals surface area (Å²) >= 11 is 0. The van der Waals surface area contributed by atoms with E-state index in [2.05, 4.69) is 10.1 Å². The van der Waals surface area contributed by atoms with Gasteiger partial charge in [-0.15, -0.1) is 0 Å². The molecule has 0 unspecified atom stereocenters. The molecule has 0 spiro atoms. The number of esters is 1. The number of rotatable bonds is 4. The second-order valence-electron chi connectivity index (χ2n) is 5.60. The first-order valence-electron chi connectivity index (χ1n) is 7.45. The van der Waals surface area contributed by atoms with Crippen LogP contribution in [0.1, 0.15) is 21.5 Å². The van der Waals surface area contributed by atoms with Gasteiger partial charge in [0.15, 0.2) is 0 Å². The maximum Gasteiger partial charge on any atom is 0.432 e. The average molecular weight is 367 g/mol. The molecule has 26 heavy (non-hydrogen) atoms. The van der Waals surface area contributed by atoms with Crippen molar-refractivity contribution in [1.29, 1.82) is 0 Å². The third-order valence-corrected chi connectivity index (χ3v) is 3.77. The van der Waals surface area contributed by atoms with Crippen molar-refractivity contribution >= 4 is 17.6 Å². The van der Waals surface area contributed by atoms with Crippen molar-refractivity contribution in [2.75, 3.05) is 12.4 Å². The molecule has 2 aromatic rings. The molecule has 0 saturated heterocycles. The van der Waals surface area contributed by atoms with Crippen molar-refractivity contribution in [3.63, 3.8) is 0 Å². The molecular formula is C18H16F3NO4. The summed E-state index contributed by atoms with van der Waals surface area (Å²) in [6.45, 7) is 1.86. The number of anilines is 1. The van der Waals surface area contributed by atoms with Gasteiger partial charge in [0, 0.05) is 16.8 Å². The van der Waals surface area contributed by atoms with Crippen molar-refractivity contribution in [2.45, 2.75) is 18.7 Å². The van der Waals surface area contributed by atoms with E-state index in [0.717, 1.165) is 36.9 Å². The Morgan fingerprint density at radius 2 is 1.54 bits per heavy atom. The van der Waals surface area contributed by atoms with E-state index in [1.54, 1.807) is 24.3 Å². The zero-order chi connectivity index (χ0) is 19.5. The van der Waals surface area contributed by atoms with E-state index in [1.165, 1.54) is 0 Å². The summed E-state index contributed by atoms with van der Waals surface area (Å²) in [5.41, 5.74) is -2.96. The van der Waals surface area contributed by atoms with Crippen molar-refractivity contribution in [1.82, 2.24) is 0 Å². The van der Waals surface area contributed by atoms with Crippen molar-refractivity contribution in [3.8, 4) is 0 Å². The lowest BCUT2D eigenvalue weighted by Gasteiger charge is -2.28. The molecule has 5 nitrogen and oxygen atoms in total. The van der Waals surface area contributed by atoms with Crippen molar-refractivity contribution < 1.29 is 32.6 Å². The molecule has 0 aliphatic carbocycles. The number of alkyl halides is 3. The number of hydrogen-bond acceptors (Lipinski definition) is 4. The molecular weight excluding hydrogens is 351 g/mol. The fourth-order valence-corrected chi connectivity index (χ4v) is 2.25. The zero-order valence-corrected chi connectivity index (χ0v) is 13.9. The standard InChI is InChI=1S/C18H16F3NO4/c1-11-3-5-12(6-4-11)15(23)22-14-9-7-13(8-10-14)17(25,16(24)26-2)18(19,20)21/h3-10,25H,1-2H3,(H,22,23)/t17-/m1/s1. The first-order valence-corrected chi connectivity index (χ1v) is 7.45. The first-order chi connectivity index (χ1) is 12.1. The number of carbonyl (C=O) groups is 2. The normalized spacial score (nSPS) is 13.6. The number of halogens is 3. The number of nitrogens with one attached hydrogen (secondary N) is 1. The fraction of sp³-hybridized carbons (Fsp3) is 0.222. The van der Waals surface area contributed by atoms with Gasteiger partial charge in [-0.05, 0) is 31.2 Å². The number of benzene rings is 2. The topological polar surface area (TPSA) is 75.6 Å². The fourth-order valence-electron chi connectivity index (χ4n) is 2.25. The van der Waals surface area contributed by atoms with Gasteiger partial charge in [-0.25, -0.2) is 4.79 Å². The van der Waals surface area contributed by atoms with Crippen molar-refractivity contribution in [3.05, 3.63) is 65.2 Å².